The molecule has 1 N–H and O–H groups in total. The van der Waals surface area contributed by atoms with Crippen LogP contribution in [0.5, 0.6) is 0 Å². The second kappa shape index (κ2) is 8.85. The van der Waals surface area contributed by atoms with E-state index in [0.717, 1.165) is 28.5 Å². The van der Waals surface area contributed by atoms with Crippen LogP contribution in [0.3, 0.4) is 0 Å². The largest absolute Gasteiger partial charge is 0.303 e. The number of hydrogen-bond donors (Lipinski definition) is 1. The number of allylic oxidation sites excluding steroid dienone is 1. The Bertz CT molecular complexity index is 1220. The van der Waals surface area contributed by atoms with Crippen molar-refractivity contribution in [3.05, 3.63) is 108 Å². The van der Waals surface area contributed by atoms with Crippen molar-refractivity contribution in [3.8, 4) is 0 Å². The summed E-state index contributed by atoms with van der Waals surface area (Å²) >= 11 is 0. The Morgan fingerprint density at radius 2 is 1.50 bits per heavy atom. The van der Waals surface area contributed by atoms with E-state index in [9.17, 15) is 13.2 Å². The number of aldehydes is 1. The molecule has 0 saturated carbocycles. The zero-order valence-corrected chi connectivity index (χ0v) is 19.0. The molecule has 4 nitrogen and oxygen atoms in total. The van der Waals surface area contributed by atoms with Gasteiger partial charge < -0.3 is 4.79 Å². The Morgan fingerprint density at radius 3 is 2.09 bits per heavy atom. The maximum Gasteiger partial charge on any atom is 0.241 e. The Hall–Kier alpha value is -3.02. The number of nitrogens with one attached hydrogen (secondary N) is 1. The van der Waals surface area contributed by atoms with Gasteiger partial charge in [0.15, 0.2) is 0 Å². The van der Waals surface area contributed by atoms with Crippen molar-refractivity contribution >= 4 is 21.9 Å². The quantitative estimate of drug-likeness (QED) is 0.537. The molecule has 164 valence electrons. The Balaban J connectivity index is 1.93. The lowest BCUT2D eigenvalue weighted by Gasteiger charge is -2.44. The van der Waals surface area contributed by atoms with Crippen molar-refractivity contribution in [2.24, 2.45) is 11.8 Å². The fourth-order valence-electron chi connectivity index (χ4n) is 4.59. The van der Waals surface area contributed by atoms with Crippen LogP contribution in [0.25, 0.3) is 5.57 Å². The van der Waals surface area contributed by atoms with E-state index in [1.54, 1.807) is 24.3 Å². The highest BCUT2D eigenvalue weighted by molar-refractivity contribution is 7.89. The third-order valence-electron chi connectivity index (χ3n) is 6.26. The number of benzene rings is 3. The number of hydrogen-bond acceptors (Lipinski definition) is 3. The molecule has 0 amide bonds. The van der Waals surface area contributed by atoms with Crippen LogP contribution in [0, 0.1) is 18.8 Å². The number of rotatable bonds is 6. The Kier molecular flexibility index (Phi) is 6.13. The molecule has 0 unspecified atom stereocenters. The summed E-state index contributed by atoms with van der Waals surface area (Å²) in [6.45, 7) is 3.92. The fourth-order valence-corrected chi connectivity index (χ4v) is 5.96. The predicted molar refractivity (Wildman–Crippen MR) is 127 cm³/mol. The summed E-state index contributed by atoms with van der Waals surface area (Å²) in [5.41, 5.74) is 2.57. The average Bonchev–Trinajstić information content (AvgIpc) is 2.80. The summed E-state index contributed by atoms with van der Waals surface area (Å²) in [7, 11) is -3.91. The van der Waals surface area contributed by atoms with Gasteiger partial charge in [0.2, 0.25) is 10.0 Å². The number of carbonyl (C=O) groups excluding carboxylic acids is 1. The SMILES string of the molecule is Cc1ccc(S(=O)(=O)N[C@@]2(c3ccccc3)C=C(c3ccccc3)C[C@H](C)[C@H]2C=O)cc1. The lowest BCUT2D eigenvalue weighted by molar-refractivity contribution is -0.114. The monoisotopic (exact) mass is 445 g/mol. The van der Waals surface area contributed by atoms with Gasteiger partial charge in [0.25, 0.3) is 0 Å². The molecule has 1 aliphatic rings. The molecule has 0 aromatic heterocycles. The van der Waals surface area contributed by atoms with E-state index in [-0.39, 0.29) is 10.8 Å². The summed E-state index contributed by atoms with van der Waals surface area (Å²) < 4.78 is 30.0. The summed E-state index contributed by atoms with van der Waals surface area (Å²) in [5, 5.41) is 0. The topological polar surface area (TPSA) is 63.2 Å². The van der Waals surface area contributed by atoms with Crippen LogP contribution in [0.2, 0.25) is 0 Å². The molecule has 4 rings (SSSR count). The highest BCUT2D eigenvalue weighted by Crippen LogP contribution is 2.45. The first-order chi connectivity index (χ1) is 15.4. The molecule has 0 heterocycles. The van der Waals surface area contributed by atoms with E-state index in [4.69, 9.17) is 0 Å². The van der Waals surface area contributed by atoms with Crippen LogP contribution in [-0.2, 0) is 20.4 Å². The molecule has 0 saturated heterocycles. The van der Waals surface area contributed by atoms with E-state index in [1.165, 1.54) is 0 Å². The van der Waals surface area contributed by atoms with E-state index < -0.39 is 21.5 Å². The van der Waals surface area contributed by atoms with Crippen molar-refractivity contribution in [3.63, 3.8) is 0 Å². The Labute approximate surface area is 190 Å². The van der Waals surface area contributed by atoms with Crippen molar-refractivity contribution < 1.29 is 13.2 Å². The van der Waals surface area contributed by atoms with E-state index in [2.05, 4.69) is 4.72 Å². The van der Waals surface area contributed by atoms with Crippen LogP contribution in [0.4, 0.5) is 0 Å². The standard InChI is InChI=1S/C27H27NO3S/c1-20-13-15-25(16-14-20)32(30,31)28-27(24-11-7-4-8-12-24)18-23(17-21(2)26(27)19-29)22-9-5-3-6-10-22/h3-16,18-19,21,26,28H,17H2,1-2H3/t21-,26+,27+/m0/s1. The van der Waals surface area contributed by atoms with Gasteiger partial charge in [-0.2, -0.15) is 4.72 Å². The molecule has 0 bridgehead atoms. The lowest BCUT2D eigenvalue weighted by Crippen LogP contribution is -2.54. The minimum absolute atomic E-state index is 0.0615. The number of sulfonamides is 1. The molecule has 32 heavy (non-hydrogen) atoms. The molecule has 0 radical (unpaired) electrons. The van der Waals surface area contributed by atoms with Crippen LogP contribution < -0.4 is 4.72 Å². The first-order valence-corrected chi connectivity index (χ1v) is 12.2. The van der Waals surface area contributed by atoms with E-state index >= 15 is 0 Å². The second-order valence-electron chi connectivity index (χ2n) is 8.53. The second-order valence-corrected chi connectivity index (χ2v) is 10.2. The molecular weight excluding hydrogens is 418 g/mol. The van der Waals surface area contributed by atoms with Gasteiger partial charge in [0.05, 0.1) is 10.4 Å². The first kappa shape index (κ1) is 22.2. The van der Waals surface area contributed by atoms with Crippen molar-refractivity contribution in [2.45, 2.75) is 30.7 Å². The summed E-state index contributed by atoms with van der Waals surface area (Å²) in [6, 6.07) is 26.0. The summed E-state index contributed by atoms with van der Waals surface area (Å²) in [4.78, 5) is 12.6. The maximum absolute atomic E-state index is 13.5. The molecular formula is C27H27NO3S. The fraction of sp³-hybridized carbons (Fsp3) is 0.222. The van der Waals surface area contributed by atoms with Crippen LogP contribution in [0.15, 0.2) is 95.9 Å². The average molecular weight is 446 g/mol. The minimum atomic E-state index is -3.91. The van der Waals surface area contributed by atoms with Gasteiger partial charge in [-0.15, -0.1) is 0 Å². The lowest BCUT2D eigenvalue weighted by atomic mass is 9.66. The predicted octanol–water partition coefficient (Wildman–Crippen LogP) is 5.11. The van der Waals surface area contributed by atoms with Gasteiger partial charge in [-0.3, -0.25) is 0 Å². The molecule has 0 spiro atoms. The maximum atomic E-state index is 13.5. The smallest absolute Gasteiger partial charge is 0.241 e. The number of aryl methyl sites for hydroxylation is 1. The third kappa shape index (κ3) is 4.18. The molecule has 5 heteroatoms. The third-order valence-corrected chi connectivity index (χ3v) is 7.76. The molecule has 1 aliphatic carbocycles. The first-order valence-electron chi connectivity index (χ1n) is 10.7. The van der Waals surface area contributed by atoms with Gasteiger partial charge in [0.1, 0.15) is 6.29 Å². The van der Waals surface area contributed by atoms with E-state index in [0.29, 0.717) is 6.42 Å². The van der Waals surface area contributed by atoms with Gasteiger partial charge in [-0.25, -0.2) is 8.42 Å². The molecule has 0 aliphatic heterocycles. The zero-order valence-electron chi connectivity index (χ0n) is 18.2. The highest BCUT2D eigenvalue weighted by Gasteiger charge is 2.47. The zero-order chi connectivity index (χ0) is 22.8. The van der Waals surface area contributed by atoms with Gasteiger partial charge in [-0.1, -0.05) is 91.4 Å². The van der Waals surface area contributed by atoms with Gasteiger partial charge >= 0.3 is 0 Å². The van der Waals surface area contributed by atoms with Crippen LogP contribution >= 0.6 is 0 Å². The van der Waals surface area contributed by atoms with Crippen LogP contribution in [-0.4, -0.2) is 14.7 Å². The minimum Gasteiger partial charge on any atom is -0.303 e. The van der Waals surface area contributed by atoms with Crippen LogP contribution in [0.1, 0.15) is 30.0 Å². The summed E-state index contributed by atoms with van der Waals surface area (Å²) in [5.74, 6) is -0.619. The Morgan fingerprint density at radius 1 is 0.906 bits per heavy atom. The molecule has 3 aromatic rings. The molecule has 3 aromatic carbocycles. The van der Waals surface area contributed by atoms with Crippen molar-refractivity contribution in [2.75, 3.05) is 0 Å². The van der Waals surface area contributed by atoms with Crippen molar-refractivity contribution in [1.29, 1.82) is 0 Å². The molecule has 3 atom stereocenters. The van der Waals surface area contributed by atoms with Crippen molar-refractivity contribution in [1.82, 2.24) is 4.72 Å². The van der Waals surface area contributed by atoms with Gasteiger partial charge in [0, 0.05) is 5.92 Å². The van der Waals surface area contributed by atoms with E-state index in [1.807, 2.05) is 80.6 Å². The summed E-state index contributed by atoms with van der Waals surface area (Å²) in [6.07, 6.45) is 3.53. The molecule has 0 fully saturated rings. The highest BCUT2D eigenvalue weighted by atomic mass is 32.2. The number of carbonyl (C=O) groups is 1. The van der Waals surface area contributed by atoms with Gasteiger partial charge in [-0.05, 0) is 48.1 Å². The normalized spacial score (nSPS) is 23.4.